The van der Waals surface area contributed by atoms with Crippen molar-refractivity contribution in [3.8, 4) is 5.75 Å². The van der Waals surface area contributed by atoms with Gasteiger partial charge in [-0.15, -0.1) is 0 Å². The first-order valence-electron chi connectivity index (χ1n) is 14.0. The third-order valence-electron chi connectivity index (χ3n) is 9.82. The zero-order valence-corrected chi connectivity index (χ0v) is 23.9. The number of Topliss-reactive ketones (excluding diaryl/α,β-unsaturated/α-hetero) is 1. The fraction of sp³-hybridized carbons (Fsp3) is 0.621. The molecule has 1 aromatic heterocycles. The van der Waals surface area contributed by atoms with E-state index in [-0.39, 0.29) is 29.4 Å². The number of nitrogens with zero attached hydrogens (tertiary/aromatic N) is 4. The molecule has 2 bridgehead atoms. The van der Waals surface area contributed by atoms with Crippen molar-refractivity contribution in [1.29, 1.82) is 0 Å². The molecule has 2 aliphatic carbocycles. The molecule has 1 aromatic carbocycles. The van der Waals surface area contributed by atoms with Crippen LogP contribution in [0.15, 0.2) is 24.3 Å². The molecule has 2 aliphatic heterocycles. The van der Waals surface area contributed by atoms with Crippen molar-refractivity contribution in [3.05, 3.63) is 46.9 Å². The highest BCUT2D eigenvalue weighted by molar-refractivity contribution is 7.89. The molecule has 0 radical (unpaired) electrons. The average molecular weight is 555 g/mol. The smallest absolute Gasteiger partial charge is 0.215 e. The molecule has 4 aliphatic rings. The first-order valence-corrected chi connectivity index (χ1v) is 15.6. The minimum Gasteiger partial charge on any atom is -0.497 e. The van der Waals surface area contributed by atoms with Crippen LogP contribution in [0.25, 0.3) is 0 Å². The van der Waals surface area contributed by atoms with Crippen LogP contribution in [0, 0.1) is 16.7 Å². The summed E-state index contributed by atoms with van der Waals surface area (Å²) in [6.07, 6.45) is 3.19. The number of hydrogen-bond acceptors (Lipinski definition) is 8. The summed E-state index contributed by atoms with van der Waals surface area (Å²) in [6, 6.07) is 7.90. The lowest BCUT2D eigenvalue weighted by Crippen LogP contribution is -2.48. The predicted molar refractivity (Wildman–Crippen MR) is 147 cm³/mol. The van der Waals surface area contributed by atoms with Crippen molar-refractivity contribution in [2.75, 3.05) is 50.6 Å². The number of ketones is 1. The van der Waals surface area contributed by atoms with Gasteiger partial charge in [-0.2, -0.15) is 4.31 Å². The maximum Gasteiger partial charge on any atom is 0.215 e. The van der Waals surface area contributed by atoms with Crippen LogP contribution in [-0.2, 0) is 38.9 Å². The van der Waals surface area contributed by atoms with Gasteiger partial charge in [-0.05, 0) is 41.9 Å². The minimum absolute atomic E-state index is 0.0979. The molecule has 2 saturated carbocycles. The molecule has 0 amide bonds. The summed E-state index contributed by atoms with van der Waals surface area (Å²) in [4.78, 5) is 25.2. The van der Waals surface area contributed by atoms with Gasteiger partial charge in [0.1, 0.15) is 23.2 Å². The second-order valence-corrected chi connectivity index (χ2v) is 14.0. The molecule has 39 heavy (non-hydrogen) atoms. The molecule has 2 aromatic rings. The number of carbonyl (C=O) groups excluding carboxylic acids is 1. The van der Waals surface area contributed by atoms with Gasteiger partial charge < -0.3 is 14.4 Å². The van der Waals surface area contributed by atoms with E-state index in [1.54, 1.807) is 11.4 Å². The summed E-state index contributed by atoms with van der Waals surface area (Å²) >= 11 is 0. The molecule has 210 valence electrons. The summed E-state index contributed by atoms with van der Waals surface area (Å²) < 4.78 is 40.4. The van der Waals surface area contributed by atoms with E-state index >= 15 is 0 Å². The highest BCUT2D eigenvalue weighted by atomic mass is 32.2. The molecule has 10 heteroatoms. The molecule has 2 unspecified atom stereocenters. The van der Waals surface area contributed by atoms with E-state index < -0.39 is 15.4 Å². The van der Waals surface area contributed by atoms with E-state index in [1.165, 1.54) is 0 Å². The van der Waals surface area contributed by atoms with Crippen LogP contribution in [-0.4, -0.2) is 74.2 Å². The molecule has 2 atom stereocenters. The van der Waals surface area contributed by atoms with Crippen LogP contribution < -0.4 is 9.64 Å². The quantitative estimate of drug-likeness (QED) is 0.515. The number of aromatic nitrogens is 2. The van der Waals surface area contributed by atoms with Crippen LogP contribution in [0.4, 0.5) is 5.82 Å². The molecule has 6 rings (SSSR count). The third kappa shape index (κ3) is 4.54. The normalized spacial score (nSPS) is 26.6. The molecular weight excluding hydrogens is 516 g/mol. The third-order valence-corrected chi connectivity index (χ3v) is 11.8. The van der Waals surface area contributed by atoms with E-state index in [2.05, 4.69) is 18.7 Å². The highest BCUT2D eigenvalue weighted by Gasteiger charge is 2.65. The largest absolute Gasteiger partial charge is 0.497 e. The lowest BCUT2D eigenvalue weighted by atomic mass is 9.70. The number of carbonyl (C=O) groups is 1. The zero-order valence-electron chi connectivity index (χ0n) is 23.1. The Morgan fingerprint density at radius 1 is 1.15 bits per heavy atom. The molecule has 3 heterocycles. The van der Waals surface area contributed by atoms with Crippen LogP contribution in [0.2, 0.25) is 0 Å². The van der Waals surface area contributed by atoms with Gasteiger partial charge in [-0.25, -0.2) is 18.4 Å². The highest BCUT2D eigenvalue weighted by Crippen LogP contribution is 2.64. The fourth-order valence-corrected chi connectivity index (χ4v) is 9.43. The fourth-order valence-electron chi connectivity index (χ4n) is 7.25. The van der Waals surface area contributed by atoms with Crippen molar-refractivity contribution < 1.29 is 22.7 Å². The monoisotopic (exact) mass is 554 g/mol. The molecule has 3 fully saturated rings. The number of sulfonamides is 1. The van der Waals surface area contributed by atoms with Crippen molar-refractivity contribution in [2.24, 2.45) is 16.7 Å². The van der Waals surface area contributed by atoms with Gasteiger partial charge in [0.15, 0.2) is 0 Å². The average Bonchev–Trinajstić information content (AvgIpc) is 3.27. The number of morpholine rings is 1. The van der Waals surface area contributed by atoms with Crippen LogP contribution >= 0.6 is 0 Å². The van der Waals surface area contributed by atoms with Crippen molar-refractivity contribution in [2.45, 2.75) is 52.5 Å². The SMILES string of the molecule is COc1cccc(Cc2nc3c(c(N4CCOCC4)n2)CN(S(=O)(=O)CC24CCC(CC2=O)C4(C)C)CC3)c1. The molecule has 9 nitrogen and oxygen atoms in total. The lowest BCUT2D eigenvalue weighted by Gasteiger charge is -2.39. The van der Waals surface area contributed by atoms with Gasteiger partial charge in [0, 0.05) is 56.4 Å². The summed E-state index contributed by atoms with van der Waals surface area (Å²) in [5.41, 5.74) is 1.77. The lowest BCUT2D eigenvalue weighted by molar-refractivity contribution is -0.128. The summed E-state index contributed by atoms with van der Waals surface area (Å²) in [7, 11) is -2.02. The summed E-state index contributed by atoms with van der Waals surface area (Å²) in [5.74, 6) is 2.62. The Hall–Kier alpha value is -2.56. The molecule has 1 saturated heterocycles. The van der Waals surface area contributed by atoms with Crippen LogP contribution in [0.1, 0.15) is 55.8 Å². The van der Waals surface area contributed by atoms with Crippen LogP contribution in [0.5, 0.6) is 5.75 Å². The first kappa shape index (κ1) is 26.7. The summed E-state index contributed by atoms with van der Waals surface area (Å²) in [5, 5.41) is 0. The Kier molecular flexibility index (Phi) is 6.71. The predicted octanol–water partition coefficient (Wildman–Crippen LogP) is 3.00. The van der Waals surface area contributed by atoms with E-state index in [0.29, 0.717) is 64.4 Å². The van der Waals surface area contributed by atoms with Gasteiger partial charge in [0.25, 0.3) is 0 Å². The van der Waals surface area contributed by atoms with Gasteiger partial charge in [-0.3, -0.25) is 4.79 Å². The number of fused-ring (bicyclic) bond motifs is 3. The Bertz CT molecular complexity index is 1390. The van der Waals surface area contributed by atoms with Gasteiger partial charge in [-0.1, -0.05) is 26.0 Å². The number of ether oxygens (including phenoxy) is 2. The Morgan fingerprint density at radius 3 is 2.64 bits per heavy atom. The molecular formula is C29H38N4O5S. The minimum atomic E-state index is -3.67. The van der Waals surface area contributed by atoms with Gasteiger partial charge >= 0.3 is 0 Å². The Balaban J connectivity index is 1.31. The first-order chi connectivity index (χ1) is 18.6. The Labute approximate surface area is 231 Å². The second kappa shape index (κ2) is 9.82. The maximum atomic E-state index is 13.9. The maximum absolute atomic E-state index is 13.9. The zero-order chi connectivity index (χ0) is 27.4. The van der Waals surface area contributed by atoms with Gasteiger partial charge in [0.2, 0.25) is 10.0 Å². The van der Waals surface area contributed by atoms with Crippen molar-refractivity contribution in [1.82, 2.24) is 14.3 Å². The van der Waals surface area contributed by atoms with Crippen molar-refractivity contribution in [3.63, 3.8) is 0 Å². The molecule has 0 N–H and O–H groups in total. The summed E-state index contributed by atoms with van der Waals surface area (Å²) in [6.45, 7) is 7.37. The number of hydrogen-bond donors (Lipinski definition) is 0. The topological polar surface area (TPSA) is 102 Å². The second-order valence-electron chi connectivity index (χ2n) is 12.0. The van der Waals surface area contributed by atoms with Crippen molar-refractivity contribution >= 4 is 21.6 Å². The number of benzene rings is 1. The van der Waals surface area contributed by atoms with Gasteiger partial charge in [0.05, 0.1) is 31.8 Å². The molecule has 0 spiro atoms. The Morgan fingerprint density at radius 2 is 1.95 bits per heavy atom. The van der Waals surface area contributed by atoms with E-state index in [0.717, 1.165) is 34.8 Å². The standard InChI is InChI=1S/C29H38N4O5S/c1-28(2)21-7-9-29(28,25(34)17-21)19-39(35,36)33-10-8-24-23(18-33)27(32-11-13-38-14-12-32)31-26(30-24)16-20-5-4-6-22(15-20)37-3/h4-6,15,21H,7-14,16-19H2,1-3H3. The van der Waals surface area contributed by atoms with E-state index in [1.807, 2.05) is 24.3 Å². The van der Waals surface area contributed by atoms with Crippen LogP contribution in [0.3, 0.4) is 0 Å². The number of methoxy groups -OCH3 is 1. The number of anilines is 1. The van der Waals surface area contributed by atoms with E-state index in [9.17, 15) is 13.2 Å². The number of rotatable bonds is 7. The van der Waals surface area contributed by atoms with E-state index in [4.69, 9.17) is 19.4 Å².